The Morgan fingerprint density at radius 1 is 1.25 bits per heavy atom. The Morgan fingerprint density at radius 3 is 2.31 bits per heavy atom. The fourth-order valence-corrected chi connectivity index (χ4v) is 1.55. The SMILES string of the molecule is CCc1ccc(C(N=C=O)N=C=O)cc1C. The lowest BCUT2D eigenvalue weighted by Gasteiger charge is -2.08. The highest BCUT2D eigenvalue weighted by Crippen LogP contribution is 2.21. The van der Waals surface area contributed by atoms with Gasteiger partial charge in [0.1, 0.15) is 0 Å². The van der Waals surface area contributed by atoms with Crippen LogP contribution >= 0.6 is 0 Å². The summed E-state index contributed by atoms with van der Waals surface area (Å²) in [6.45, 7) is 4.03. The second kappa shape index (κ2) is 5.76. The Kier molecular flexibility index (Phi) is 4.34. The molecule has 0 aliphatic carbocycles. The first-order chi connectivity index (χ1) is 7.72. The third-order valence-corrected chi connectivity index (χ3v) is 2.40. The normalized spacial score (nSPS) is 11.1. The molecule has 4 nitrogen and oxygen atoms in total. The van der Waals surface area contributed by atoms with Crippen LogP contribution in [0.25, 0.3) is 0 Å². The van der Waals surface area contributed by atoms with Crippen LogP contribution in [0.3, 0.4) is 0 Å². The molecule has 0 bridgehead atoms. The molecule has 82 valence electrons. The first-order valence-electron chi connectivity index (χ1n) is 4.96. The van der Waals surface area contributed by atoms with Crippen LogP contribution in [0.1, 0.15) is 29.8 Å². The van der Waals surface area contributed by atoms with Crippen molar-refractivity contribution in [3.63, 3.8) is 0 Å². The van der Waals surface area contributed by atoms with Crippen molar-refractivity contribution < 1.29 is 9.59 Å². The monoisotopic (exact) mass is 216 g/mol. The molecule has 1 rings (SSSR count). The molecular weight excluding hydrogens is 204 g/mol. The summed E-state index contributed by atoms with van der Waals surface area (Å²) < 4.78 is 0. The van der Waals surface area contributed by atoms with Gasteiger partial charge >= 0.3 is 0 Å². The number of rotatable bonds is 4. The summed E-state index contributed by atoms with van der Waals surface area (Å²) in [6.07, 6.45) is 2.92. The van der Waals surface area contributed by atoms with E-state index in [-0.39, 0.29) is 0 Å². The number of aryl methyl sites for hydroxylation is 2. The van der Waals surface area contributed by atoms with E-state index in [1.54, 1.807) is 6.07 Å². The Morgan fingerprint density at radius 2 is 1.88 bits per heavy atom. The Bertz CT molecular complexity index is 452. The molecule has 1 aromatic rings. The second-order valence-electron chi connectivity index (χ2n) is 3.35. The van der Waals surface area contributed by atoms with Gasteiger partial charge in [-0.25, -0.2) is 9.59 Å². The van der Waals surface area contributed by atoms with Crippen LogP contribution in [-0.2, 0) is 16.0 Å². The summed E-state index contributed by atoms with van der Waals surface area (Å²) in [5.74, 6) is 0. The maximum absolute atomic E-state index is 10.2. The first kappa shape index (κ1) is 12.1. The van der Waals surface area contributed by atoms with Gasteiger partial charge in [0.05, 0.1) is 0 Å². The lowest BCUT2D eigenvalue weighted by Crippen LogP contribution is -1.95. The molecule has 0 aromatic heterocycles. The molecule has 0 aliphatic heterocycles. The lowest BCUT2D eigenvalue weighted by atomic mass is 10.0. The van der Waals surface area contributed by atoms with Gasteiger partial charge in [-0.15, -0.1) is 0 Å². The zero-order chi connectivity index (χ0) is 12.0. The number of benzene rings is 1. The van der Waals surface area contributed by atoms with E-state index < -0.39 is 6.17 Å². The minimum atomic E-state index is -0.820. The van der Waals surface area contributed by atoms with Gasteiger partial charge in [-0.3, -0.25) is 0 Å². The Labute approximate surface area is 93.7 Å². The predicted octanol–water partition coefficient (Wildman–Crippen LogP) is 2.23. The van der Waals surface area contributed by atoms with Crippen LogP contribution in [0.4, 0.5) is 0 Å². The van der Waals surface area contributed by atoms with Crippen molar-refractivity contribution in [2.45, 2.75) is 26.4 Å². The average molecular weight is 216 g/mol. The molecule has 0 saturated carbocycles. The van der Waals surface area contributed by atoms with E-state index in [2.05, 4.69) is 16.9 Å². The second-order valence-corrected chi connectivity index (χ2v) is 3.35. The molecule has 0 spiro atoms. The highest BCUT2D eigenvalue weighted by molar-refractivity contribution is 5.41. The van der Waals surface area contributed by atoms with E-state index in [9.17, 15) is 9.59 Å². The van der Waals surface area contributed by atoms with E-state index >= 15 is 0 Å². The van der Waals surface area contributed by atoms with Gasteiger partial charge < -0.3 is 0 Å². The van der Waals surface area contributed by atoms with Gasteiger partial charge in [-0.1, -0.05) is 25.1 Å². The van der Waals surface area contributed by atoms with Gasteiger partial charge in [0.25, 0.3) is 0 Å². The van der Waals surface area contributed by atoms with Gasteiger partial charge in [-0.2, -0.15) is 9.98 Å². The Balaban J connectivity index is 3.15. The molecule has 4 heteroatoms. The summed E-state index contributed by atoms with van der Waals surface area (Å²) >= 11 is 0. The zero-order valence-corrected chi connectivity index (χ0v) is 9.23. The number of carbonyl (C=O) groups excluding carboxylic acids is 2. The van der Waals surface area contributed by atoms with Crippen molar-refractivity contribution in [3.8, 4) is 0 Å². The van der Waals surface area contributed by atoms with E-state index in [0.717, 1.165) is 12.0 Å². The highest BCUT2D eigenvalue weighted by Gasteiger charge is 2.09. The third-order valence-electron chi connectivity index (χ3n) is 2.40. The van der Waals surface area contributed by atoms with Crippen LogP contribution in [0, 0.1) is 6.92 Å². The lowest BCUT2D eigenvalue weighted by molar-refractivity contribution is 0.552. The molecular formula is C12H12N2O2. The molecule has 0 heterocycles. The average Bonchev–Trinajstić information content (AvgIpc) is 2.28. The van der Waals surface area contributed by atoms with E-state index in [4.69, 9.17) is 0 Å². The topological polar surface area (TPSA) is 58.9 Å². The van der Waals surface area contributed by atoms with Gasteiger partial charge in [0.2, 0.25) is 12.2 Å². The van der Waals surface area contributed by atoms with Crippen molar-refractivity contribution in [1.29, 1.82) is 0 Å². The first-order valence-corrected chi connectivity index (χ1v) is 4.96. The molecule has 16 heavy (non-hydrogen) atoms. The van der Waals surface area contributed by atoms with Crippen molar-refractivity contribution in [2.24, 2.45) is 9.98 Å². The third kappa shape index (κ3) is 2.74. The minimum absolute atomic E-state index is 0.696. The molecule has 0 N–H and O–H groups in total. The maximum Gasteiger partial charge on any atom is 0.237 e. The summed E-state index contributed by atoms with van der Waals surface area (Å²) in [5.41, 5.74) is 3.00. The molecule has 0 radical (unpaired) electrons. The minimum Gasteiger partial charge on any atom is -0.211 e. The van der Waals surface area contributed by atoms with Crippen molar-refractivity contribution in [3.05, 3.63) is 34.9 Å². The van der Waals surface area contributed by atoms with Crippen molar-refractivity contribution >= 4 is 12.2 Å². The van der Waals surface area contributed by atoms with Crippen LogP contribution in [-0.4, -0.2) is 12.2 Å². The maximum atomic E-state index is 10.2. The number of hydrogen-bond acceptors (Lipinski definition) is 4. The number of isocyanates is 2. The fraction of sp³-hybridized carbons (Fsp3) is 0.333. The standard InChI is InChI=1S/C12H12N2O2/c1-3-10-4-5-11(6-9(10)2)12(13-7-15)14-8-16/h4-6,12H,3H2,1-2H3. The number of nitrogens with zero attached hydrogens (tertiary/aromatic N) is 2. The predicted molar refractivity (Wildman–Crippen MR) is 59.5 cm³/mol. The van der Waals surface area contributed by atoms with E-state index in [1.165, 1.54) is 17.7 Å². The number of aliphatic imine (C=N–C) groups is 2. The smallest absolute Gasteiger partial charge is 0.211 e. The van der Waals surface area contributed by atoms with E-state index in [1.807, 2.05) is 19.1 Å². The molecule has 0 atom stereocenters. The molecule has 0 fully saturated rings. The number of hydrogen-bond donors (Lipinski definition) is 0. The zero-order valence-electron chi connectivity index (χ0n) is 9.23. The van der Waals surface area contributed by atoms with Gasteiger partial charge in [-0.05, 0) is 24.5 Å². The van der Waals surface area contributed by atoms with Crippen LogP contribution < -0.4 is 0 Å². The van der Waals surface area contributed by atoms with Crippen molar-refractivity contribution in [1.82, 2.24) is 0 Å². The van der Waals surface area contributed by atoms with E-state index in [0.29, 0.717) is 5.56 Å². The fourth-order valence-electron chi connectivity index (χ4n) is 1.55. The van der Waals surface area contributed by atoms with Gasteiger partial charge in [0, 0.05) is 5.56 Å². The molecule has 0 aliphatic rings. The van der Waals surface area contributed by atoms with Gasteiger partial charge in [0.15, 0.2) is 6.17 Å². The molecule has 1 aromatic carbocycles. The van der Waals surface area contributed by atoms with Crippen LogP contribution in [0.2, 0.25) is 0 Å². The highest BCUT2D eigenvalue weighted by atomic mass is 16.1. The molecule has 0 amide bonds. The van der Waals surface area contributed by atoms with Crippen LogP contribution in [0.15, 0.2) is 28.2 Å². The van der Waals surface area contributed by atoms with Crippen LogP contribution in [0.5, 0.6) is 0 Å². The Hall–Kier alpha value is -2.02. The quantitative estimate of drug-likeness (QED) is 0.572. The summed E-state index contributed by atoms with van der Waals surface area (Å²) in [4.78, 5) is 27.3. The largest absolute Gasteiger partial charge is 0.237 e. The summed E-state index contributed by atoms with van der Waals surface area (Å²) in [7, 11) is 0. The summed E-state index contributed by atoms with van der Waals surface area (Å²) in [5, 5.41) is 0. The molecule has 0 saturated heterocycles. The molecule has 0 unspecified atom stereocenters. The van der Waals surface area contributed by atoms with Crippen molar-refractivity contribution in [2.75, 3.05) is 0 Å². The summed E-state index contributed by atoms with van der Waals surface area (Å²) in [6, 6.07) is 5.61.